The van der Waals surface area contributed by atoms with Gasteiger partial charge in [-0.15, -0.1) is 0 Å². The molecule has 2 heterocycles. The van der Waals surface area contributed by atoms with Crippen LogP contribution in [0.3, 0.4) is 0 Å². The third-order valence-corrected chi connectivity index (χ3v) is 3.41. The minimum atomic E-state index is -0.222. The van der Waals surface area contributed by atoms with Crippen LogP contribution in [0.1, 0.15) is 5.56 Å². The highest BCUT2D eigenvalue weighted by Gasteiger charge is 2.16. The fourth-order valence-electron chi connectivity index (χ4n) is 2.39. The number of aromatic amines is 2. The average molecular weight is 260 g/mol. The maximum absolute atomic E-state index is 12.1. The predicted molar refractivity (Wildman–Crippen MR) is 72.1 cm³/mol. The molecule has 1 aliphatic rings. The number of rotatable bonds is 2. The Balaban J connectivity index is 1.76. The zero-order valence-corrected chi connectivity index (χ0v) is 10.5. The minimum Gasteiger partial charge on any atom is -0.340 e. The normalized spacial score (nSPS) is 15.9. The molecular formula is C13H16N4O2. The van der Waals surface area contributed by atoms with E-state index in [1.807, 2.05) is 23.1 Å². The minimum absolute atomic E-state index is 0.138. The SMILES string of the molecule is O=C(Cc1ccc2[nH]c(=O)[nH]c2c1)N1CCNCC1. The number of aromatic nitrogens is 2. The van der Waals surface area contributed by atoms with Crippen molar-refractivity contribution in [3.63, 3.8) is 0 Å². The van der Waals surface area contributed by atoms with E-state index in [2.05, 4.69) is 15.3 Å². The number of carbonyl (C=O) groups is 1. The summed E-state index contributed by atoms with van der Waals surface area (Å²) in [6, 6.07) is 5.56. The maximum atomic E-state index is 12.1. The Labute approximate surface area is 109 Å². The summed E-state index contributed by atoms with van der Waals surface area (Å²) < 4.78 is 0. The van der Waals surface area contributed by atoms with Crippen molar-refractivity contribution >= 4 is 16.9 Å². The fourth-order valence-corrected chi connectivity index (χ4v) is 2.39. The summed E-state index contributed by atoms with van der Waals surface area (Å²) in [5.41, 5.74) is 2.21. The summed E-state index contributed by atoms with van der Waals surface area (Å²) in [5.74, 6) is 0.138. The number of imidazole rings is 1. The van der Waals surface area contributed by atoms with Crippen molar-refractivity contribution in [2.24, 2.45) is 0 Å². The smallest absolute Gasteiger partial charge is 0.323 e. The number of piperazine rings is 1. The van der Waals surface area contributed by atoms with Crippen molar-refractivity contribution in [1.82, 2.24) is 20.2 Å². The maximum Gasteiger partial charge on any atom is 0.323 e. The van der Waals surface area contributed by atoms with Gasteiger partial charge in [-0.3, -0.25) is 4.79 Å². The van der Waals surface area contributed by atoms with Crippen LogP contribution in [0.4, 0.5) is 0 Å². The second-order valence-corrected chi connectivity index (χ2v) is 4.77. The predicted octanol–water partition coefficient (Wildman–Crippen LogP) is -0.169. The first-order chi connectivity index (χ1) is 9.22. The van der Waals surface area contributed by atoms with Crippen molar-refractivity contribution < 1.29 is 4.79 Å². The molecule has 1 aliphatic heterocycles. The van der Waals surface area contributed by atoms with Gasteiger partial charge in [-0.05, 0) is 17.7 Å². The number of fused-ring (bicyclic) bond motifs is 1. The van der Waals surface area contributed by atoms with Gasteiger partial charge in [0.2, 0.25) is 5.91 Å². The molecule has 0 bridgehead atoms. The standard InChI is InChI=1S/C13H16N4O2/c18-12(17-5-3-14-4-6-17)8-9-1-2-10-11(7-9)16-13(19)15-10/h1-2,7,14H,3-6,8H2,(H2,15,16,19). The average Bonchev–Trinajstić information content (AvgIpc) is 2.79. The molecule has 0 radical (unpaired) electrons. The van der Waals surface area contributed by atoms with Gasteiger partial charge in [0.25, 0.3) is 0 Å². The molecule has 1 fully saturated rings. The van der Waals surface area contributed by atoms with Crippen molar-refractivity contribution in [3.8, 4) is 0 Å². The van der Waals surface area contributed by atoms with E-state index >= 15 is 0 Å². The van der Waals surface area contributed by atoms with Crippen molar-refractivity contribution in [1.29, 1.82) is 0 Å². The second kappa shape index (κ2) is 4.89. The Morgan fingerprint density at radius 3 is 2.68 bits per heavy atom. The molecule has 0 spiro atoms. The summed E-state index contributed by atoms with van der Waals surface area (Å²) in [6.45, 7) is 3.25. The van der Waals surface area contributed by atoms with Crippen LogP contribution in [0.15, 0.2) is 23.0 Å². The number of nitrogens with zero attached hydrogens (tertiary/aromatic N) is 1. The van der Waals surface area contributed by atoms with E-state index in [1.165, 1.54) is 0 Å². The van der Waals surface area contributed by atoms with Crippen LogP contribution in [0.5, 0.6) is 0 Å². The van der Waals surface area contributed by atoms with Crippen molar-refractivity contribution in [2.75, 3.05) is 26.2 Å². The molecule has 0 saturated carbocycles. The highest BCUT2D eigenvalue weighted by molar-refractivity contribution is 5.81. The molecule has 19 heavy (non-hydrogen) atoms. The first kappa shape index (κ1) is 12.0. The van der Waals surface area contributed by atoms with Crippen LogP contribution in [0.2, 0.25) is 0 Å². The third kappa shape index (κ3) is 2.53. The highest BCUT2D eigenvalue weighted by Crippen LogP contribution is 2.11. The molecule has 3 N–H and O–H groups in total. The number of nitrogens with one attached hydrogen (secondary N) is 3. The summed E-state index contributed by atoms with van der Waals surface area (Å²) in [4.78, 5) is 30.6. The lowest BCUT2D eigenvalue weighted by atomic mass is 10.1. The lowest BCUT2D eigenvalue weighted by Crippen LogP contribution is -2.46. The second-order valence-electron chi connectivity index (χ2n) is 4.77. The van der Waals surface area contributed by atoms with Gasteiger partial charge in [-0.1, -0.05) is 6.07 Å². The van der Waals surface area contributed by atoms with Crippen molar-refractivity contribution in [2.45, 2.75) is 6.42 Å². The Bertz CT molecular complexity index is 652. The van der Waals surface area contributed by atoms with Gasteiger partial charge in [0, 0.05) is 26.2 Å². The molecule has 6 heteroatoms. The number of hydrogen-bond donors (Lipinski definition) is 3. The third-order valence-electron chi connectivity index (χ3n) is 3.41. The Morgan fingerprint density at radius 1 is 1.16 bits per heavy atom. The van der Waals surface area contributed by atoms with E-state index in [0.29, 0.717) is 6.42 Å². The quantitative estimate of drug-likeness (QED) is 0.701. The molecule has 0 unspecified atom stereocenters. The summed E-state index contributed by atoms with van der Waals surface area (Å²) in [7, 11) is 0. The van der Waals surface area contributed by atoms with Crippen LogP contribution in [-0.2, 0) is 11.2 Å². The number of hydrogen-bond acceptors (Lipinski definition) is 3. The van der Waals surface area contributed by atoms with Gasteiger partial charge in [0.05, 0.1) is 17.5 Å². The molecule has 1 amide bonds. The van der Waals surface area contributed by atoms with Gasteiger partial charge in [-0.2, -0.15) is 0 Å². The Hall–Kier alpha value is -2.08. The monoisotopic (exact) mass is 260 g/mol. The van der Waals surface area contributed by atoms with E-state index in [9.17, 15) is 9.59 Å². The summed E-state index contributed by atoms with van der Waals surface area (Å²) >= 11 is 0. The van der Waals surface area contributed by atoms with Crippen LogP contribution in [0.25, 0.3) is 11.0 Å². The molecular weight excluding hydrogens is 244 g/mol. The van der Waals surface area contributed by atoms with Crippen molar-refractivity contribution in [3.05, 3.63) is 34.2 Å². The molecule has 0 aliphatic carbocycles. The van der Waals surface area contributed by atoms with Gasteiger partial charge < -0.3 is 20.2 Å². The number of H-pyrrole nitrogens is 2. The van der Waals surface area contributed by atoms with E-state index in [4.69, 9.17) is 0 Å². The van der Waals surface area contributed by atoms with E-state index in [-0.39, 0.29) is 11.6 Å². The first-order valence-corrected chi connectivity index (χ1v) is 6.42. The molecule has 0 atom stereocenters. The van der Waals surface area contributed by atoms with E-state index < -0.39 is 0 Å². The van der Waals surface area contributed by atoms with E-state index in [1.54, 1.807) is 0 Å². The van der Waals surface area contributed by atoms with Gasteiger partial charge in [0.15, 0.2) is 0 Å². The lowest BCUT2D eigenvalue weighted by molar-refractivity contribution is -0.131. The molecule has 2 aromatic rings. The molecule has 100 valence electrons. The Morgan fingerprint density at radius 2 is 1.89 bits per heavy atom. The topological polar surface area (TPSA) is 81.0 Å². The molecule has 3 rings (SSSR count). The first-order valence-electron chi connectivity index (χ1n) is 6.42. The molecule has 6 nitrogen and oxygen atoms in total. The zero-order chi connectivity index (χ0) is 13.2. The number of benzene rings is 1. The largest absolute Gasteiger partial charge is 0.340 e. The lowest BCUT2D eigenvalue weighted by Gasteiger charge is -2.27. The van der Waals surface area contributed by atoms with Crippen LogP contribution >= 0.6 is 0 Å². The van der Waals surface area contributed by atoms with Crippen LogP contribution in [0, 0.1) is 0 Å². The van der Waals surface area contributed by atoms with Gasteiger partial charge in [-0.25, -0.2) is 4.79 Å². The van der Waals surface area contributed by atoms with Gasteiger partial charge in [0.1, 0.15) is 0 Å². The molecule has 1 saturated heterocycles. The summed E-state index contributed by atoms with van der Waals surface area (Å²) in [5, 5.41) is 3.22. The van der Waals surface area contributed by atoms with Crippen LogP contribution < -0.4 is 11.0 Å². The molecule has 1 aromatic heterocycles. The van der Waals surface area contributed by atoms with Gasteiger partial charge >= 0.3 is 5.69 Å². The number of carbonyl (C=O) groups excluding carboxylic acids is 1. The van der Waals surface area contributed by atoms with Crippen LogP contribution in [-0.4, -0.2) is 47.0 Å². The fraction of sp³-hybridized carbons (Fsp3) is 0.385. The van der Waals surface area contributed by atoms with E-state index in [0.717, 1.165) is 42.8 Å². The molecule has 1 aromatic carbocycles. The summed E-state index contributed by atoms with van der Waals surface area (Å²) in [6.07, 6.45) is 0.378. The Kier molecular flexibility index (Phi) is 3.08. The highest BCUT2D eigenvalue weighted by atomic mass is 16.2. The zero-order valence-electron chi connectivity index (χ0n) is 10.5. The number of amides is 1.